The van der Waals surface area contributed by atoms with Crippen molar-refractivity contribution in [2.45, 2.75) is 70.8 Å². The predicted molar refractivity (Wildman–Crippen MR) is 85.8 cm³/mol. The molecule has 0 saturated carbocycles. The smallest absolute Gasteiger partial charge is 1.00 e. The third-order valence-electron chi connectivity index (χ3n) is 3.13. The van der Waals surface area contributed by atoms with Gasteiger partial charge in [0, 0.05) is 6.42 Å². The van der Waals surface area contributed by atoms with Gasteiger partial charge in [-0.15, -0.1) is 0 Å². The summed E-state index contributed by atoms with van der Waals surface area (Å²) in [5.41, 5.74) is 5.63. The monoisotopic (exact) mass is 327 g/mol. The summed E-state index contributed by atoms with van der Waals surface area (Å²) >= 11 is 1.62. The van der Waals surface area contributed by atoms with Crippen LogP contribution in [0.5, 0.6) is 0 Å². The van der Waals surface area contributed by atoms with Crippen LogP contribution in [0.2, 0.25) is 0 Å². The van der Waals surface area contributed by atoms with Gasteiger partial charge in [0.25, 0.3) is 0 Å². The van der Waals surface area contributed by atoms with Gasteiger partial charge in [0.15, 0.2) is 0 Å². The Bertz CT molecular complexity index is 284. The quantitative estimate of drug-likeness (QED) is 0.243. The van der Waals surface area contributed by atoms with Gasteiger partial charge in [0.05, 0.1) is 0 Å². The van der Waals surface area contributed by atoms with E-state index in [1.54, 1.807) is 11.8 Å². The number of hydrogen-bond donors (Lipinski definition) is 1. The molecule has 0 heterocycles. The van der Waals surface area contributed by atoms with Crippen molar-refractivity contribution in [3.8, 4) is 0 Å². The van der Waals surface area contributed by atoms with Crippen molar-refractivity contribution >= 4 is 23.7 Å². The van der Waals surface area contributed by atoms with Gasteiger partial charge in [-0.1, -0.05) is 45.4 Å². The number of carbonyl (C=O) groups is 2. The maximum absolute atomic E-state index is 11.5. The average molecular weight is 327 g/mol. The molecule has 0 aliphatic rings. The fourth-order valence-electron chi connectivity index (χ4n) is 1.83. The summed E-state index contributed by atoms with van der Waals surface area (Å²) in [5, 5.41) is 0. The molecule has 0 bridgehead atoms. The first kappa shape index (κ1) is 23.7. The molecular weight excluding hydrogens is 297 g/mol. The van der Waals surface area contributed by atoms with Crippen LogP contribution in [0.1, 0.15) is 66.1 Å². The Morgan fingerprint density at radius 2 is 1.71 bits per heavy atom. The molecular formula is C15H30NNaO3S. The molecule has 0 amide bonds. The SMILES string of the molecule is CCCCCCCCCC(=O)OC(=O)[C@@H](N)CCSC.[H-].[Na+]. The molecule has 0 rings (SSSR count). The minimum atomic E-state index is -0.680. The summed E-state index contributed by atoms with van der Waals surface area (Å²) in [7, 11) is 0. The van der Waals surface area contributed by atoms with Gasteiger partial charge >= 0.3 is 41.5 Å². The van der Waals surface area contributed by atoms with Gasteiger partial charge in [0.1, 0.15) is 6.04 Å². The normalized spacial score (nSPS) is 11.6. The molecule has 0 aromatic rings. The molecule has 4 nitrogen and oxygen atoms in total. The van der Waals surface area contributed by atoms with E-state index >= 15 is 0 Å². The number of nitrogens with two attached hydrogens (primary N) is 1. The Labute approximate surface area is 157 Å². The molecule has 0 aromatic heterocycles. The summed E-state index contributed by atoms with van der Waals surface area (Å²) in [6.07, 6.45) is 10.8. The van der Waals surface area contributed by atoms with Gasteiger partial charge in [-0.25, -0.2) is 4.79 Å². The summed E-state index contributed by atoms with van der Waals surface area (Å²) < 4.78 is 4.74. The van der Waals surface area contributed by atoms with Crippen LogP contribution < -0.4 is 35.3 Å². The molecule has 21 heavy (non-hydrogen) atoms. The van der Waals surface area contributed by atoms with Crippen LogP contribution in [-0.2, 0) is 14.3 Å². The summed E-state index contributed by atoms with van der Waals surface area (Å²) in [4.78, 5) is 23.0. The number of unbranched alkanes of at least 4 members (excludes halogenated alkanes) is 6. The predicted octanol–water partition coefficient (Wildman–Crippen LogP) is 0.394. The van der Waals surface area contributed by atoms with Crippen LogP contribution in [0.3, 0.4) is 0 Å². The maximum Gasteiger partial charge on any atom is 1.00 e. The molecule has 0 fully saturated rings. The van der Waals surface area contributed by atoms with Crippen molar-refractivity contribution < 1.29 is 45.3 Å². The second kappa shape index (κ2) is 16.8. The average Bonchev–Trinajstić information content (AvgIpc) is 2.43. The third kappa shape index (κ3) is 15.1. The Balaban J connectivity index is -0.00000180. The van der Waals surface area contributed by atoms with Crippen molar-refractivity contribution in [3.05, 3.63) is 0 Å². The first-order valence-electron chi connectivity index (χ1n) is 7.60. The molecule has 1 atom stereocenters. The van der Waals surface area contributed by atoms with Crippen LogP contribution in [-0.4, -0.2) is 30.0 Å². The number of rotatable bonds is 12. The fraction of sp³-hybridized carbons (Fsp3) is 0.867. The number of esters is 2. The van der Waals surface area contributed by atoms with E-state index in [4.69, 9.17) is 10.5 Å². The summed E-state index contributed by atoms with van der Waals surface area (Å²) in [6.45, 7) is 2.19. The van der Waals surface area contributed by atoms with Crippen molar-refractivity contribution in [2.75, 3.05) is 12.0 Å². The van der Waals surface area contributed by atoms with Crippen molar-refractivity contribution in [2.24, 2.45) is 5.73 Å². The molecule has 0 aromatic carbocycles. The van der Waals surface area contributed by atoms with Crippen LogP contribution in [0, 0.1) is 0 Å². The van der Waals surface area contributed by atoms with E-state index < -0.39 is 18.0 Å². The van der Waals surface area contributed by atoms with Gasteiger partial charge in [-0.3, -0.25) is 4.79 Å². The van der Waals surface area contributed by atoms with E-state index in [0.29, 0.717) is 12.8 Å². The molecule has 0 unspecified atom stereocenters. The van der Waals surface area contributed by atoms with Gasteiger partial charge in [-0.05, 0) is 24.9 Å². The molecule has 0 aliphatic carbocycles. The second-order valence-corrected chi connectivity index (χ2v) is 6.04. The Hall–Kier alpha value is 0.450. The minimum absolute atomic E-state index is 0. The van der Waals surface area contributed by atoms with E-state index in [0.717, 1.165) is 25.0 Å². The molecule has 120 valence electrons. The molecule has 0 spiro atoms. The summed E-state index contributed by atoms with van der Waals surface area (Å²) in [5.74, 6) is -0.238. The van der Waals surface area contributed by atoms with Crippen molar-refractivity contribution in [3.63, 3.8) is 0 Å². The molecule has 0 saturated heterocycles. The van der Waals surface area contributed by atoms with Crippen LogP contribution in [0.15, 0.2) is 0 Å². The zero-order chi connectivity index (χ0) is 15.2. The number of hydrogen-bond acceptors (Lipinski definition) is 5. The van der Waals surface area contributed by atoms with Gasteiger partial charge < -0.3 is 11.9 Å². The van der Waals surface area contributed by atoms with E-state index in [1.807, 2.05) is 6.26 Å². The van der Waals surface area contributed by atoms with Crippen molar-refractivity contribution in [1.29, 1.82) is 0 Å². The third-order valence-corrected chi connectivity index (χ3v) is 3.78. The number of carbonyl (C=O) groups excluding carboxylic acids is 2. The fourth-order valence-corrected chi connectivity index (χ4v) is 2.32. The van der Waals surface area contributed by atoms with Gasteiger partial charge in [0.2, 0.25) is 0 Å². The van der Waals surface area contributed by atoms with Crippen molar-refractivity contribution in [1.82, 2.24) is 0 Å². The van der Waals surface area contributed by atoms with E-state index in [2.05, 4.69) is 6.92 Å². The standard InChI is InChI=1S/C15H29NO3S.Na.H/c1-3-4-5-6-7-8-9-10-14(17)19-15(18)13(16)11-12-20-2;;/h13H,3-12,16H2,1-2H3;;/q;+1;-1/t13-;;/m0../s1. The van der Waals surface area contributed by atoms with E-state index in [9.17, 15) is 9.59 Å². The largest absolute Gasteiger partial charge is 1.00 e. The van der Waals surface area contributed by atoms with Crippen LogP contribution in [0.4, 0.5) is 0 Å². The Morgan fingerprint density at radius 3 is 2.29 bits per heavy atom. The molecule has 2 N–H and O–H groups in total. The zero-order valence-electron chi connectivity index (χ0n) is 14.9. The number of ether oxygens (including phenoxy) is 1. The minimum Gasteiger partial charge on any atom is -1.00 e. The summed E-state index contributed by atoms with van der Waals surface area (Å²) in [6, 6.07) is -0.680. The van der Waals surface area contributed by atoms with E-state index in [1.165, 1.54) is 25.7 Å². The first-order chi connectivity index (χ1) is 9.61. The zero-order valence-corrected chi connectivity index (χ0v) is 16.7. The van der Waals surface area contributed by atoms with Crippen LogP contribution in [0.25, 0.3) is 0 Å². The topological polar surface area (TPSA) is 69.4 Å². The van der Waals surface area contributed by atoms with Gasteiger partial charge in [-0.2, -0.15) is 11.8 Å². The molecule has 0 aliphatic heterocycles. The number of thioether (sulfide) groups is 1. The second-order valence-electron chi connectivity index (χ2n) is 5.05. The Kier molecular flexibility index (Phi) is 19.0. The van der Waals surface area contributed by atoms with Crippen LogP contribution >= 0.6 is 11.8 Å². The molecule has 0 radical (unpaired) electrons. The Morgan fingerprint density at radius 1 is 1.14 bits per heavy atom. The first-order valence-corrected chi connectivity index (χ1v) is 9.00. The molecule has 6 heteroatoms. The van der Waals surface area contributed by atoms with E-state index in [-0.39, 0.29) is 31.0 Å². The maximum atomic E-state index is 11.5.